The number of hydrogen-bond acceptors (Lipinski definition) is 6. The van der Waals surface area contributed by atoms with Crippen LogP contribution in [0.3, 0.4) is 0 Å². The fourth-order valence-electron chi connectivity index (χ4n) is 2.81. The molecule has 0 aliphatic carbocycles. The lowest BCUT2D eigenvalue weighted by atomic mass is 10.00. The summed E-state index contributed by atoms with van der Waals surface area (Å²) in [6.45, 7) is 0.963. The van der Waals surface area contributed by atoms with Crippen LogP contribution in [0.15, 0.2) is 78.5 Å². The molecule has 9 nitrogen and oxygen atoms in total. The number of nitrogens with zero attached hydrogens (tertiary/aromatic N) is 3. The summed E-state index contributed by atoms with van der Waals surface area (Å²) in [5, 5.41) is 19.2. The lowest BCUT2D eigenvalue weighted by Crippen LogP contribution is -2.48. The van der Waals surface area contributed by atoms with Crippen LogP contribution < -0.4 is 9.30 Å². The first-order valence-corrected chi connectivity index (χ1v) is 8.46. The molecule has 0 spiro atoms. The summed E-state index contributed by atoms with van der Waals surface area (Å²) in [5.74, 6) is 0.840. The van der Waals surface area contributed by atoms with Crippen LogP contribution in [-0.2, 0) is 11.4 Å². The van der Waals surface area contributed by atoms with Crippen molar-refractivity contribution >= 4 is 5.71 Å². The molecule has 144 valence electrons. The SMILES string of the molecule is O=[N+]([O-])[O-].c1ccc(CO/N=C2\c3ccccc3OCC2[n+]2cc[nH]c2)cc1. The molecule has 0 saturated carbocycles. The van der Waals surface area contributed by atoms with Crippen LogP contribution in [0.5, 0.6) is 5.75 Å². The lowest BCUT2D eigenvalue weighted by Gasteiger charge is -2.24. The zero-order chi connectivity index (χ0) is 19.8. The van der Waals surface area contributed by atoms with Gasteiger partial charge in [0.15, 0.2) is 6.04 Å². The minimum absolute atomic E-state index is 0.0260. The molecule has 1 unspecified atom stereocenters. The predicted molar refractivity (Wildman–Crippen MR) is 100 cm³/mol. The van der Waals surface area contributed by atoms with Gasteiger partial charge in [-0.3, -0.25) is 4.98 Å². The summed E-state index contributed by atoms with van der Waals surface area (Å²) in [6, 6.07) is 17.9. The van der Waals surface area contributed by atoms with E-state index in [-0.39, 0.29) is 6.04 Å². The number of aromatic amines is 1. The summed E-state index contributed by atoms with van der Waals surface area (Å²) in [7, 11) is 0. The number of fused-ring (bicyclic) bond motifs is 1. The standard InChI is InChI=1S/C19H17N3O2.NO3/c1-2-6-15(7-3-1)12-24-21-19-16-8-4-5-9-18(16)23-13-17(19)22-11-10-20-14-22;2-1(3)4/h1-11,14,17H,12-13H2;/q;-1/p+1/b21-19+;. The van der Waals surface area contributed by atoms with Crippen molar-refractivity contribution in [2.45, 2.75) is 12.6 Å². The Morgan fingerprint density at radius 2 is 1.89 bits per heavy atom. The molecule has 1 aliphatic rings. The molecule has 0 saturated heterocycles. The molecule has 0 amide bonds. The van der Waals surface area contributed by atoms with Gasteiger partial charge in [0.05, 0.1) is 5.09 Å². The van der Waals surface area contributed by atoms with Crippen molar-refractivity contribution in [3.05, 3.63) is 99.8 Å². The van der Waals surface area contributed by atoms with E-state index < -0.39 is 5.09 Å². The van der Waals surface area contributed by atoms with Crippen LogP contribution >= 0.6 is 0 Å². The maximum Gasteiger partial charge on any atom is 0.242 e. The molecule has 1 atom stereocenters. The Hall–Kier alpha value is -3.88. The quantitative estimate of drug-likeness (QED) is 0.423. The van der Waals surface area contributed by atoms with Gasteiger partial charge in [-0.25, -0.2) is 4.57 Å². The Balaban J connectivity index is 0.000000516. The smallest absolute Gasteiger partial charge is 0.242 e. The molecule has 0 fully saturated rings. The first kappa shape index (κ1) is 18.9. The summed E-state index contributed by atoms with van der Waals surface area (Å²) in [4.78, 5) is 17.0. The van der Waals surface area contributed by atoms with Crippen LogP contribution in [0.4, 0.5) is 0 Å². The lowest BCUT2D eigenvalue weighted by molar-refractivity contribution is -0.706. The zero-order valence-electron chi connectivity index (χ0n) is 14.8. The third kappa shape index (κ3) is 4.85. The van der Waals surface area contributed by atoms with E-state index in [1.54, 1.807) is 0 Å². The van der Waals surface area contributed by atoms with Gasteiger partial charge in [0.25, 0.3) is 0 Å². The van der Waals surface area contributed by atoms with Crippen LogP contribution in [0.2, 0.25) is 0 Å². The highest BCUT2D eigenvalue weighted by atomic mass is 16.9. The van der Waals surface area contributed by atoms with Gasteiger partial charge in [0, 0.05) is 5.56 Å². The summed E-state index contributed by atoms with van der Waals surface area (Å²) >= 11 is 0. The van der Waals surface area contributed by atoms with Crippen molar-refractivity contribution < 1.29 is 19.2 Å². The average molecular weight is 382 g/mol. The second kappa shape index (κ2) is 9.17. The molecule has 3 aromatic rings. The van der Waals surface area contributed by atoms with Gasteiger partial charge in [0.1, 0.15) is 37.1 Å². The van der Waals surface area contributed by atoms with Crippen molar-refractivity contribution in [1.82, 2.24) is 4.98 Å². The van der Waals surface area contributed by atoms with Gasteiger partial charge in [-0.15, -0.1) is 0 Å². The van der Waals surface area contributed by atoms with Crippen LogP contribution in [-0.4, -0.2) is 22.4 Å². The second-order valence-corrected chi connectivity index (χ2v) is 5.84. The van der Waals surface area contributed by atoms with Gasteiger partial charge >= 0.3 is 0 Å². The van der Waals surface area contributed by atoms with Crippen molar-refractivity contribution in [2.24, 2.45) is 5.16 Å². The van der Waals surface area contributed by atoms with Crippen molar-refractivity contribution in [3.63, 3.8) is 0 Å². The number of rotatable bonds is 4. The molecule has 1 N–H and O–H groups in total. The number of imidazole rings is 1. The van der Waals surface area contributed by atoms with Crippen LogP contribution in [0.1, 0.15) is 17.2 Å². The van der Waals surface area contributed by atoms with E-state index in [1.807, 2.05) is 77.9 Å². The third-order valence-electron chi connectivity index (χ3n) is 4.04. The van der Waals surface area contributed by atoms with Crippen molar-refractivity contribution in [2.75, 3.05) is 6.61 Å². The third-order valence-corrected chi connectivity index (χ3v) is 4.04. The fourth-order valence-corrected chi connectivity index (χ4v) is 2.81. The summed E-state index contributed by atoms with van der Waals surface area (Å²) in [5.41, 5.74) is 2.93. The number of aromatic nitrogens is 2. The Morgan fingerprint density at radius 3 is 2.61 bits per heavy atom. The van der Waals surface area contributed by atoms with Crippen molar-refractivity contribution in [1.29, 1.82) is 0 Å². The molecule has 9 heteroatoms. The highest BCUT2D eigenvalue weighted by Crippen LogP contribution is 2.28. The van der Waals surface area contributed by atoms with E-state index in [0.29, 0.717) is 13.2 Å². The van der Waals surface area contributed by atoms with Crippen LogP contribution in [0, 0.1) is 15.3 Å². The van der Waals surface area contributed by atoms with E-state index in [4.69, 9.17) is 24.9 Å². The molecule has 2 aromatic carbocycles. The minimum Gasteiger partial charge on any atom is -0.488 e. The number of oxime groups is 1. The van der Waals surface area contributed by atoms with E-state index in [2.05, 4.69) is 10.1 Å². The maximum atomic E-state index is 8.25. The normalized spacial score (nSPS) is 16.3. The molecule has 0 bridgehead atoms. The highest BCUT2D eigenvalue weighted by Gasteiger charge is 2.32. The second-order valence-electron chi connectivity index (χ2n) is 5.84. The molecule has 28 heavy (non-hydrogen) atoms. The fraction of sp³-hybridized carbons (Fsp3) is 0.158. The maximum absolute atomic E-state index is 8.25. The number of ether oxygens (including phenoxy) is 1. The van der Waals surface area contributed by atoms with Crippen LogP contribution in [0.25, 0.3) is 0 Å². The van der Waals surface area contributed by atoms with E-state index in [0.717, 1.165) is 22.6 Å². The summed E-state index contributed by atoms with van der Waals surface area (Å²) in [6.07, 6.45) is 5.74. The number of nitrogens with one attached hydrogen (secondary N) is 1. The number of benzene rings is 2. The van der Waals surface area contributed by atoms with Gasteiger partial charge < -0.3 is 24.9 Å². The van der Waals surface area contributed by atoms with E-state index >= 15 is 0 Å². The van der Waals surface area contributed by atoms with Gasteiger partial charge in [-0.2, -0.15) is 0 Å². The Morgan fingerprint density at radius 1 is 1.18 bits per heavy atom. The van der Waals surface area contributed by atoms with E-state index in [9.17, 15) is 0 Å². The first-order valence-electron chi connectivity index (χ1n) is 8.46. The Bertz CT molecular complexity index is 925. The van der Waals surface area contributed by atoms with Gasteiger partial charge in [0.2, 0.25) is 6.33 Å². The molecule has 1 aliphatic heterocycles. The molecule has 2 heterocycles. The van der Waals surface area contributed by atoms with Gasteiger partial charge in [-0.1, -0.05) is 47.6 Å². The molecular formula is C19H18N4O5. The minimum atomic E-state index is -1.75. The van der Waals surface area contributed by atoms with E-state index in [1.165, 1.54) is 0 Å². The number of H-pyrrole nitrogens is 1. The van der Waals surface area contributed by atoms with Crippen molar-refractivity contribution in [3.8, 4) is 5.75 Å². The molecular weight excluding hydrogens is 364 g/mol. The predicted octanol–water partition coefficient (Wildman–Crippen LogP) is 2.62. The Kier molecular flexibility index (Phi) is 6.19. The molecule has 1 aromatic heterocycles. The molecule has 4 rings (SSSR count). The Labute approximate surface area is 160 Å². The van der Waals surface area contributed by atoms with Gasteiger partial charge in [-0.05, 0) is 17.7 Å². The topological polar surface area (TPSA) is 117 Å². The number of hydrogen-bond donors (Lipinski definition) is 1. The number of para-hydroxylation sites is 1. The first-order chi connectivity index (χ1) is 13.6. The summed E-state index contributed by atoms with van der Waals surface area (Å²) < 4.78 is 7.93. The molecule has 0 radical (unpaired) electrons. The zero-order valence-corrected chi connectivity index (χ0v) is 14.8. The highest BCUT2D eigenvalue weighted by molar-refractivity contribution is 6.05. The average Bonchev–Trinajstić information content (AvgIpc) is 3.23. The largest absolute Gasteiger partial charge is 0.488 e. The monoisotopic (exact) mass is 382 g/mol.